The van der Waals surface area contributed by atoms with E-state index >= 15 is 0 Å². The summed E-state index contributed by atoms with van der Waals surface area (Å²) >= 11 is 0. The molecule has 4 heteroatoms. The summed E-state index contributed by atoms with van der Waals surface area (Å²) in [6.45, 7) is 5.88. The molecule has 0 bridgehead atoms. The summed E-state index contributed by atoms with van der Waals surface area (Å²) in [7, 11) is 0. The minimum absolute atomic E-state index is 0.478. The Morgan fingerprint density at radius 3 is 3.09 bits per heavy atom. The van der Waals surface area contributed by atoms with Crippen LogP contribution in [0.2, 0.25) is 0 Å². The molecule has 0 spiro atoms. The van der Waals surface area contributed by atoms with E-state index in [1.807, 2.05) is 0 Å². The largest absolute Gasteiger partial charge is 0.330 e. The van der Waals surface area contributed by atoms with Gasteiger partial charge in [0, 0.05) is 6.67 Å². The number of nitrogens with one attached hydrogen (secondary N) is 2. The lowest BCUT2D eigenvalue weighted by molar-refractivity contribution is 0.113. The van der Waals surface area contributed by atoms with E-state index in [9.17, 15) is 0 Å². The number of hydrogen-bond donors (Lipinski definition) is 3. The highest BCUT2D eigenvalue weighted by Crippen LogP contribution is 2.00. The summed E-state index contributed by atoms with van der Waals surface area (Å²) < 4.78 is 0. The fourth-order valence-electron chi connectivity index (χ4n) is 1.40. The summed E-state index contributed by atoms with van der Waals surface area (Å²) in [5.41, 5.74) is 5.49. The van der Waals surface area contributed by atoms with E-state index < -0.39 is 0 Å². The third kappa shape index (κ3) is 2.41. The molecular weight excluding hydrogens is 140 g/mol. The summed E-state index contributed by atoms with van der Waals surface area (Å²) in [6, 6.07) is 0. The fourth-order valence-corrected chi connectivity index (χ4v) is 1.40. The molecule has 0 aromatic heterocycles. The summed E-state index contributed by atoms with van der Waals surface area (Å²) in [4.78, 5) is 2.34. The zero-order valence-electron chi connectivity index (χ0n) is 7.14. The third-order valence-corrected chi connectivity index (χ3v) is 2.06. The van der Waals surface area contributed by atoms with Crippen molar-refractivity contribution in [3.8, 4) is 0 Å². The maximum absolute atomic E-state index is 5.49. The van der Waals surface area contributed by atoms with E-state index in [2.05, 4.69) is 22.5 Å². The smallest absolute Gasteiger partial charge is 0.0629 e. The number of rotatable bonds is 3. The molecule has 1 heterocycles. The van der Waals surface area contributed by atoms with Gasteiger partial charge in [-0.3, -0.25) is 15.5 Å². The molecule has 11 heavy (non-hydrogen) atoms. The van der Waals surface area contributed by atoms with Gasteiger partial charge in [-0.05, 0) is 19.5 Å². The number of hydrogen-bond acceptors (Lipinski definition) is 4. The quantitative estimate of drug-likeness (QED) is 0.498. The molecule has 1 saturated heterocycles. The zero-order valence-corrected chi connectivity index (χ0v) is 7.14. The van der Waals surface area contributed by atoms with Gasteiger partial charge in [0.05, 0.1) is 12.8 Å². The van der Waals surface area contributed by atoms with Crippen LogP contribution >= 0.6 is 0 Å². The van der Waals surface area contributed by atoms with Gasteiger partial charge in [-0.25, -0.2) is 0 Å². The van der Waals surface area contributed by atoms with Gasteiger partial charge in [-0.1, -0.05) is 6.92 Å². The molecule has 0 amide bonds. The average Bonchev–Trinajstić information content (AvgIpc) is 2.06. The van der Waals surface area contributed by atoms with E-state index in [0.29, 0.717) is 6.17 Å². The molecule has 1 rings (SSSR count). The average molecular weight is 158 g/mol. The van der Waals surface area contributed by atoms with Crippen molar-refractivity contribution in [2.75, 3.05) is 26.4 Å². The van der Waals surface area contributed by atoms with Gasteiger partial charge < -0.3 is 5.73 Å². The molecule has 1 unspecified atom stereocenters. The molecule has 0 aromatic carbocycles. The molecule has 0 radical (unpaired) electrons. The predicted molar refractivity (Wildman–Crippen MR) is 45.8 cm³/mol. The molecule has 4 N–H and O–H groups in total. The monoisotopic (exact) mass is 158 g/mol. The molecule has 66 valence electrons. The minimum atomic E-state index is 0.478. The molecule has 1 atom stereocenters. The maximum Gasteiger partial charge on any atom is 0.0629 e. The van der Waals surface area contributed by atoms with Crippen LogP contribution in [0.1, 0.15) is 13.3 Å². The molecular formula is C7H18N4. The van der Waals surface area contributed by atoms with E-state index in [0.717, 1.165) is 32.8 Å². The van der Waals surface area contributed by atoms with Crippen LogP contribution in [-0.2, 0) is 0 Å². The number of nitrogens with zero attached hydrogens (tertiary/aromatic N) is 1. The van der Waals surface area contributed by atoms with Gasteiger partial charge in [0.25, 0.3) is 0 Å². The van der Waals surface area contributed by atoms with Gasteiger partial charge in [0.2, 0.25) is 0 Å². The molecule has 4 nitrogen and oxygen atoms in total. The van der Waals surface area contributed by atoms with Crippen LogP contribution in [0.25, 0.3) is 0 Å². The van der Waals surface area contributed by atoms with Crippen molar-refractivity contribution in [1.29, 1.82) is 0 Å². The molecule has 0 saturated carbocycles. The van der Waals surface area contributed by atoms with E-state index in [-0.39, 0.29) is 0 Å². The van der Waals surface area contributed by atoms with Crippen molar-refractivity contribution < 1.29 is 0 Å². The standard InChI is InChI=1S/C7H18N4/c1-2-11-6-9-5-10-7(11)3-4-8/h7,9-10H,2-6,8H2,1H3. The van der Waals surface area contributed by atoms with Crippen LogP contribution in [0, 0.1) is 0 Å². The topological polar surface area (TPSA) is 53.3 Å². The van der Waals surface area contributed by atoms with Crippen molar-refractivity contribution in [2.24, 2.45) is 5.73 Å². The van der Waals surface area contributed by atoms with E-state index in [1.54, 1.807) is 0 Å². The van der Waals surface area contributed by atoms with Crippen molar-refractivity contribution in [2.45, 2.75) is 19.5 Å². The van der Waals surface area contributed by atoms with Crippen molar-refractivity contribution in [1.82, 2.24) is 15.5 Å². The second-order valence-corrected chi connectivity index (χ2v) is 2.79. The van der Waals surface area contributed by atoms with Crippen LogP contribution < -0.4 is 16.4 Å². The first-order valence-corrected chi connectivity index (χ1v) is 4.26. The van der Waals surface area contributed by atoms with Gasteiger partial charge in [0.1, 0.15) is 0 Å². The maximum atomic E-state index is 5.49. The van der Waals surface area contributed by atoms with Crippen LogP contribution in [-0.4, -0.2) is 37.5 Å². The lowest BCUT2D eigenvalue weighted by Crippen LogP contribution is -2.58. The second-order valence-electron chi connectivity index (χ2n) is 2.79. The van der Waals surface area contributed by atoms with Crippen molar-refractivity contribution in [3.63, 3.8) is 0 Å². The van der Waals surface area contributed by atoms with Crippen LogP contribution in [0.15, 0.2) is 0 Å². The Bertz CT molecular complexity index is 105. The van der Waals surface area contributed by atoms with Crippen LogP contribution in [0.3, 0.4) is 0 Å². The lowest BCUT2D eigenvalue weighted by atomic mass is 10.3. The van der Waals surface area contributed by atoms with Gasteiger partial charge in [-0.2, -0.15) is 0 Å². The SMILES string of the molecule is CCN1CNCNC1CCN. The lowest BCUT2D eigenvalue weighted by Gasteiger charge is -2.36. The Labute approximate surface area is 68.1 Å². The highest BCUT2D eigenvalue weighted by Gasteiger charge is 2.18. The Kier molecular flexibility index (Phi) is 3.79. The van der Waals surface area contributed by atoms with E-state index in [1.165, 1.54) is 0 Å². The third-order valence-electron chi connectivity index (χ3n) is 2.06. The van der Waals surface area contributed by atoms with Gasteiger partial charge in [0.15, 0.2) is 0 Å². The van der Waals surface area contributed by atoms with Crippen LogP contribution in [0.5, 0.6) is 0 Å². The van der Waals surface area contributed by atoms with Crippen molar-refractivity contribution in [3.05, 3.63) is 0 Å². The highest BCUT2D eigenvalue weighted by molar-refractivity contribution is 4.71. The van der Waals surface area contributed by atoms with Crippen LogP contribution in [0.4, 0.5) is 0 Å². The van der Waals surface area contributed by atoms with Gasteiger partial charge in [-0.15, -0.1) is 0 Å². The normalized spacial score (nSPS) is 27.3. The summed E-state index contributed by atoms with van der Waals surface area (Å²) in [5.74, 6) is 0. The minimum Gasteiger partial charge on any atom is -0.330 e. The van der Waals surface area contributed by atoms with Crippen molar-refractivity contribution >= 4 is 0 Å². The molecule has 1 aliphatic heterocycles. The summed E-state index contributed by atoms with van der Waals surface area (Å²) in [6.07, 6.45) is 1.52. The van der Waals surface area contributed by atoms with Gasteiger partial charge >= 0.3 is 0 Å². The first-order valence-electron chi connectivity index (χ1n) is 4.26. The Morgan fingerprint density at radius 2 is 2.45 bits per heavy atom. The Morgan fingerprint density at radius 1 is 1.64 bits per heavy atom. The fraction of sp³-hybridized carbons (Fsp3) is 1.00. The highest BCUT2D eigenvalue weighted by atomic mass is 15.4. The molecule has 1 aliphatic rings. The zero-order chi connectivity index (χ0) is 8.10. The first kappa shape index (κ1) is 8.93. The summed E-state index contributed by atoms with van der Waals surface area (Å²) in [5, 5.41) is 6.60. The van der Waals surface area contributed by atoms with E-state index in [4.69, 9.17) is 5.73 Å². The molecule has 1 fully saturated rings. The molecule has 0 aromatic rings. The molecule has 0 aliphatic carbocycles. The Hall–Kier alpha value is -0.160. The predicted octanol–water partition coefficient (Wildman–Crippen LogP) is -0.909. The number of nitrogens with two attached hydrogens (primary N) is 1. The first-order chi connectivity index (χ1) is 5.38. The Balaban J connectivity index is 2.31. The second kappa shape index (κ2) is 4.66.